The lowest BCUT2D eigenvalue weighted by Crippen LogP contribution is -1.91. The van der Waals surface area contributed by atoms with Gasteiger partial charge in [-0.25, -0.2) is 0 Å². The quantitative estimate of drug-likeness (QED) is 0.588. The first kappa shape index (κ1) is 12.3. The predicted molar refractivity (Wildman–Crippen MR) is 74.1 cm³/mol. The van der Waals surface area contributed by atoms with E-state index in [4.69, 9.17) is 0 Å². The fraction of sp³-hybridized carbons (Fsp3) is 0.125. The molecule has 0 saturated heterocycles. The summed E-state index contributed by atoms with van der Waals surface area (Å²) in [5, 5.41) is 0. The van der Waals surface area contributed by atoms with E-state index in [2.05, 4.69) is 38.4 Å². The van der Waals surface area contributed by atoms with Crippen molar-refractivity contribution in [2.75, 3.05) is 0 Å². The van der Waals surface area contributed by atoms with Crippen molar-refractivity contribution in [3.05, 3.63) is 73.9 Å². The molecule has 0 amide bonds. The van der Waals surface area contributed by atoms with E-state index in [-0.39, 0.29) is 0 Å². The van der Waals surface area contributed by atoms with Gasteiger partial charge in [0.15, 0.2) is 0 Å². The molecule has 0 radical (unpaired) electrons. The molecule has 0 aliphatic carbocycles. The van der Waals surface area contributed by atoms with Crippen molar-refractivity contribution in [3.63, 3.8) is 0 Å². The zero-order chi connectivity index (χ0) is 12.0. The summed E-state index contributed by atoms with van der Waals surface area (Å²) in [5.41, 5.74) is 4.48. The van der Waals surface area contributed by atoms with E-state index >= 15 is 0 Å². The molecule has 0 aliphatic rings. The lowest BCUT2D eigenvalue weighted by atomic mass is 9.93. The molecule has 16 heavy (non-hydrogen) atoms. The third-order valence-corrected chi connectivity index (χ3v) is 2.47. The number of hydrogen-bond acceptors (Lipinski definition) is 0. The number of allylic oxidation sites excluding steroid dienone is 4. The maximum absolute atomic E-state index is 4.08. The van der Waals surface area contributed by atoms with Crippen molar-refractivity contribution in [2.24, 2.45) is 0 Å². The maximum Gasteiger partial charge on any atom is -0.00998 e. The molecule has 0 nitrogen and oxygen atoms in total. The molecule has 0 heteroatoms. The van der Waals surface area contributed by atoms with Crippen LogP contribution >= 0.6 is 0 Å². The Kier molecular flexibility index (Phi) is 4.53. The highest BCUT2D eigenvalue weighted by atomic mass is 14.1. The predicted octanol–water partition coefficient (Wildman–Crippen LogP) is 4.87. The van der Waals surface area contributed by atoms with Gasteiger partial charge >= 0.3 is 0 Å². The van der Waals surface area contributed by atoms with E-state index in [1.54, 1.807) is 0 Å². The summed E-state index contributed by atoms with van der Waals surface area (Å²) in [6.45, 7) is 15.6. The minimum atomic E-state index is 0.804. The Bertz CT molecular complexity index is 380. The lowest BCUT2D eigenvalue weighted by Gasteiger charge is -2.12. The molecule has 82 valence electrons. The van der Waals surface area contributed by atoms with E-state index in [0.717, 1.165) is 35.1 Å². The van der Waals surface area contributed by atoms with Crippen LogP contribution in [0.2, 0.25) is 0 Å². The largest absolute Gasteiger partial charge is 0.103 e. The van der Waals surface area contributed by atoms with E-state index < -0.39 is 0 Å². The van der Waals surface area contributed by atoms with Gasteiger partial charge in [-0.3, -0.25) is 0 Å². The van der Waals surface area contributed by atoms with Gasteiger partial charge < -0.3 is 0 Å². The fourth-order valence-corrected chi connectivity index (χ4v) is 1.67. The smallest absolute Gasteiger partial charge is 0.00998 e. The van der Waals surface area contributed by atoms with Crippen molar-refractivity contribution in [1.29, 1.82) is 0 Å². The SMILES string of the molecule is C=CCC(=C)c1ccccc1C(=C)CC=C. The highest BCUT2D eigenvalue weighted by molar-refractivity contribution is 5.78. The van der Waals surface area contributed by atoms with Gasteiger partial charge in [-0.15, -0.1) is 13.2 Å². The molecule has 0 fully saturated rings. The van der Waals surface area contributed by atoms with Gasteiger partial charge in [-0.1, -0.05) is 49.6 Å². The minimum Gasteiger partial charge on any atom is -0.103 e. The van der Waals surface area contributed by atoms with Crippen LogP contribution < -0.4 is 0 Å². The Labute approximate surface area is 98.3 Å². The van der Waals surface area contributed by atoms with Gasteiger partial charge in [0.25, 0.3) is 0 Å². The van der Waals surface area contributed by atoms with Gasteiger partial charge in [0.05, 0.1) is 0 Å². The zero-order valence-electron chi connectivity index (χ0n) is 9.71. The minimum absolute atomic E-state index is 0.804. The van der Waals surface area contributed by atoms with Crippen molar-refractivity contribution in [2.45, 2.75) is 12.8 Å². The first-order valence-electron chi connectivity index (χ1n) is 5.37. The first-order valence-corrected chi connectivity index (χ1v) is 5.37. The third kappa shape index (κ3) is 2.83. The Morgan fingerprint density at radius 2 is 1.25 bits per heavy atom. The molecular weight excluding hydrogens is 192 g/mol. The fourth-order valence-electron chi connectivity index (χ4n) is 1.67. The van der Waals surface area contributed by atoms with Crippen LogP contribution in [-0.4, -0.2) is 0 Å². The molecule has 1 aromatic carbocycles. The van der Waals surface area contributed by atoms with Gasteiger partial charge in [0.1, 0.15) is 0 Å². The second-order valence-corrected chi connectivity index (χ2v) is 3.74. The topological polar surface area (TPSA) is 0 Å². The number of benzene rings is 1. The molecule has 0 aliphatic heterocycles. The summed E-state index contributed by atoms with van der Waals surface area (Å²) >= 11 is 0. The average molecular weight is 210 g/mol. The van der Waals surface area contributed by atoms with Crippen LogP contribution in [0.25, 0.3) is 11.1 Å². The Balaban J connectivity index is 3.09. The monoisotopic (exact) mass is 210 g/mol. The highest BCUT2D eigenvalue weighted by Crippen LogP contribution is 2.27. The van der Waals surface area contributed by atoms with Crippen LogP contribution in [-0.2, 0) is 0 Å². The van der Waals surface area contributed by atoms with Crippen molar-refractivity contribution >= 4 is 11.1 Å². The molecule has 0 atom stereocenters. The van der Waals surface area contributed by atoms with Crippen molar-refractivity contribution < 1.29 is 0 Å². The molecule has 0 N–H and O–H groups in total. The average Bonchev–Trinajstić information content (AvgIpc) is 2.30. The molecular formula is C16H18. The normalized spacial score (nSPS) is 9.50. The molecule has 0 unspecified atom stereocenters. The van der Waals surface area contributed by atoms with Gasteiger partial charge in [0, 0.05) is 0 Å². The van der Waals surface area contributed by atoms with Crippen LogP contribution in [0.5, 0.6) is 0 Å². The lowest BCUT2D eigenvalue weighted by molar-refractivity contribution is 1.35. The van der Waals surface area contributed by atoms with Crippen LogP contribution in [0.3, 0.4) is 0 Å². The molecule has 1 rings (SSSR count). The summed E-state index contributed by atoms with van der Waals surface area (Å²) in [6, 6.07) is 8.20. The van der Waals surface area contributed by atoms with Crippen LogP contribution in [0.1, 0.15) is 24.0 Å². The Morgan fingerprint density at radius 3 is 1.56 bits per heavy atom. The van der Waals surface area contributed by atoms with Gasteiger partial charge in [-0.2, -0.15) is 0 Å². The molecule has 1 aromatic rings. The van der Waals surface area contributed by atoms with Crippen molar-refractivity contribution in [1.82, 2.24) is 0 Å². The Hall–Kier alpha value is -1.82. The number of hydrogen-bond donors (Lipinski definition) is 0. The summed E-state index contributed by atoms with van der Waals surface area (Å²) < 4.78 is 0. The summed E-state index contributed by atoms with van der Waals surface area (Å²) in [4.78, 5) is 0. The second kappa shape index (κ2) is 5.92. The van der Waals surface area contributed by atoms with E-state index in [9.17, 15) is 0 Å². The third-order valence-electron chi connectivity index (χ3n) is 2.47. The summed E-state index contributed by atoms with van der Waals surface area (Å²) in [6.07, 6.45) is 5.35. The molecule has 0 saturated carbocycles. The molecule has 0 heterocycles. The maximum atomic E-state index is 4.08. The highest BCUT2D eigenvalue weighted by Gasteiger charge is 2.06. The standard InChI is InChI=1S/C16H18/c1-5-9-13(3)15-11-7-8-12-16(15)14(4)10-6-2/h5-8,11-12H,1-4,9-10H2. The first-order chi connectivity index (χ1) is 7.70. The second-order valence-electron chi connectivity index (χ2n) is 3.74. The van der Waals surface area contributed by atoms with Crippen LogP contribution in [0.15, 0.2) is 62.7 Å². The Morgan fingerprint density at radius 1 is 0.875 bits per heavy atom. The van der Waals surface area contributed by atoms with Crippen LogP contribution in [0.4, 0.5) is 0 Å². The number of rotatable bonds is 6. The molecule has 0 aromatic heterocycles. The van der Waals surface area contributed by atoms with Crippen molar-refractivity contribution in [3.8, 4) is 0 Å². The zero-order valence-corrected chi connectivity index (χ0v) is 9.71. The van der Waals surface area contributed by atoms with Crippen LogP contribution in [0, 0.1) is 0 Å². The molecule has 0 spiro atoms. The van der Waals surface area contributed by atoms with E-state index in [0.29, 0.717) is 0 Å². The summed E-state index contributed by atoms with van der Waals surface area (Å²) in [7, 11) is 0. The van der Waals surface area contributed by atoms with E-state index in [1.807, 2.05) is 24.3 Å². The van der Waals surface area contributed by atoms with Gasteiger partial charge in [0.2, 0.25) is 0 Å². The summed E-state index contributed by atoms with van der Waals surface area (Å²) in [5.74, 6) is 0. The molecule has 0 bridgehead atoms. The van der Waals surface area contributed by atoms with E-state index in [1.165, 1.54) is 0 Å². The van der Waals surface area contributed by atoms with Gasteiger partial charge in [-0.05, 0) is 35.1 Å².